The van der Waals surface area contributed by atoms with Crippen LogP contribution < -0.4 is 10.2 Å². The number of hydrogen-bond donors (Lipinski definition) is 0. The number of ether oxygens (including phenoxy) is 1. The summed E-state index contributed by atoms with van der Waals surface area (Å²) in [7, 11) is 0. The first kappa shape index (κ1) is 14.8. The standard InChI is InChI=1S/C15H17BF3O/c1-2-3-6-11-20-14-10-9-12-7-4-5-8-13(12)15(14)16(17,18)19/h4-5,7-10H,2-3,6,11H2,1H3/q-1. The molecule has 0 bridgehead atoms. The van der Waals surface area contributed by atoms with Crippen LogP contribution in [0.4, 0.5) is 12.9 Å². The van der Waals surface area contributed by atoms with E-state index in [2.05, 4.69) is 0 Å². The van der Waals surface area contributed by atoms with E-state index in [-0.39, 0.29) is 11.1 Å². The molecule has 0 spiro atoms. The Hall–Kier alpha value is -1.65. The van der Waals surface area contributed by atoms with Gasteiger partial charge in [0.15, 0.2) is 0 Å². The van der Waals surface area contributed by atoms with Gasteiger partial charge in [0.05, 0.1) is 12.4 Å². The second-order valence-electron chi connectivity index (χ2n) is 4.83. The number of rotatable bonds is 6. The molecule has 5 heteroatoms. The molecule has 0 aromatic heterocycles. The molecule has 0 aliphatic heterocycles. The summed E-state index contributed by atoms with van der Waals surface area (Å²) in [6.45, 7) is -2.73. The van der Waals surface area contributed by atoms with Gasteiger partial charge in [-0.15, -0.1) is 0 Å². The van der Waals surface area contributed by atoms with E-state index in [4.69, 9.17) is 4.74 Å². The third-order valence-electron chi connectivity index (χ3n) is 3.26. The van der Waals surface area contributed by atoms with E-state index in [9.17, 15) is 12.9 Å². The second kappa shape index (κ2) is 6.20. The second-order valence-corrected chi connectivity index (χ2v) is 4.83. The van der Waals surface area contributed by atoms with E-state index < -0.39 is 12.4 Å². The van der Waals surface area contributed by atoms with Crippen LogP contribution >= 0.6 is 0 Å². The molecule has 108 valence electrons. The monoisotopic (exact) mass is 281 g/mol. The van der Waals surface area contributed by atoms with Gasteiger partial charge < -0.3 is 17.7 Å². The smallest absolute Gasteiger partial charge is 0.497 e. The summed E-state index contributed by atoms with van der Waals surface area (Å²) in [6, 6.07) is 9.64. The quantitative estimate of drug-likeness (QED) is 0.561. The fourth-order valence-electron chi connectivity index (χ4n) is 2.27. The summed E-state index contributed by atoms with van der Waals surface area (Å²) in [5.41, 5.74) is -0.611. The largest absolute Gasteiger partial charge is 0.513 e. The summed E-state index contributed by atoms with van der Waals surface area (Å²) in [5, 5.41) is 0.801. The van der Waals surface area contributed by atoms with Crippen LogP contribution in [-0.4, -0.2) is 13.6 Å². The molecular formula is C15H17BF3O-. The van der Waals surface area contributed by atoms with Gasteiger partial charge in [-0.05, 0) is 23.3 Å². The SMILES string of the molecule is CCCCCOc1ccc2ccccc2c1[B-](F)(F)F. The summed E-state index contributed by atoms with van der Waals surface area (Å²) >= 11 is 0. The average molecular weight is 281 g/mol. The zero-order valence-electron chi connectivity index (χ0n) is 11.4. The molecule has 0 amide bonds. The highest BCUT2D eigenvalue weighted by Gasteiger charge is 2.31. The van der Waals surface area contributed by atoms with Crippen molar-refractivity contribution in [3.63, 3.8) is 0 Å². The van der Waals surface area contributed by atoms with E-state index >= 15 is 0 Å². The Morgan fingerprint density at radius 3 is 2.45 bits per heavy atom. The molecule has 0 heterocycles. The predicted octanol–water partition coefficient (Wildman–Crippen LogP) is 4.46. The molecule has 1 nitrogen and oxygen atoms in total. The highest BCUT2D eigenvalue weighted by Crippen LogP contribution is 2.25. The number of benzene rings is 2. The molecule has 0 unspecified atom stereocenters. The van der Waals surface area contributed by atoms with Gasteiger partial charge in [-0.25, -0.2) is 0 Å². The zero-order valence-corrected chi connectivity index (χ0v) is 11.4. The molecular weight excluding hydrogens is 264 g/mol. The van der Waals surface area contributed by atoms with Gasteiger partial charge >= 0.3 is 6.98 Å². The van der Waals surface area contributed by atoms with Crippen LogP contribution in [0.5, 0.6) is 5.75 Å². The number of hydrogen-bond acceptors (Lipinski definition) is 1. The van der Waals surface area contributed by atoms with Crippen LogP contribution in [0.1, 0.15) is 26.2 Å². The minimum atomic E-state index is -5.10. The lowest BCUT2D eigenvalue weighted by Gasteiger charge is -2.22. The average Bonchev–Trinajstić information content (AvgIpc) is 2.41. The Morgan fingerprint density at radius 2 is 1.75 bits per heavy atom. The van der Waals surface area contributed by atoms with Crippen LogP contribution in [0.25, 0.3) is 10.8 Å². The van der Waals surface area contributed by atoms with Crippen molar-refractivity contribution in [2.24, 2.45) is 0 Å². The van der Waals surface area contributed by atoms with Gasteiger partial charge in [-0.1, -0.05) is 55.6 Å². The van der Waals surface area contributed by atoms with Crippen molar-refractivity contribution < 1.29 is 17.7 Å². The Bertz CT molecular complexity index is 581. The van der Waals surface area contributed by atoms with E-state index in [0.717, 1.165) is 19.3 Å². The van der Waals surface area contributed by atoms with Crippen LogP contribution in [-0.2, 0) is 0 Å². The molecule has 2 aromatic carbocycles. The van der Waals surface area contributed by atoms with E-state index in [1.54, 1.807) is 24.3 Å². The lowest BCUT2D eigenvalue weighted by atomic mass is 9.76. The molecule has 0 N–H and O–H groups in total. The Morgan fingerprint density at radius 1 is 1.00 bits per heavy atom. The van der Waals surface area contributed by atoms with Gasteiger partial charge in [0, 0.05) is 0 Å². The summed E-state index contributed by atoms with van der Waals surface area (Å²) in [6.07, 6.45) is 2.74. The molecule has 20 heavy (non-hydrogen) atoms. The normalized spacial score (nSPS) is 11.8. The van der Waals surface area contributed by atoms with Crippen molar-refractivity contribution in [3.8, 4) is 5.75 Å². The van der Waals surface area contributed by atoms with Gasteiger partial charge in [0.25, 0.3) is 0 Å². The van der Waals surface area contributed by atoms with Crippen LogP contribution in [0.3, 0.4) is 0 Å². The molecule has 0 aliphatic rings. The molecule has 0 saturated heterocycles. The molecule has 0 atom stereocenters. The number of fused-ring (bicyclic) bond motifs is 1. The minimum Gasteiger partial charge on any atom is -0.497 e. The van der Waals surface area contributed by atoms with Crippen molar-refractivity contribution in [3.05, 3.63) is 36.4 Å². The van der Waals surface area contributed by atoms with Crippen LogP contribution in [0.2, 0.25) is 0 Å². The minimum absolute atomic E-state index is 0.0488. The first-order chi connectivity index (χ1) is 9.54. The van der Waals surface area contributed by atoms with Crippen molar-refractivity contribution in [2.45, 2.75) is 26.2 Å². The first-order valence-corrected chi connectivity index (χ1v) is 6.88. The lowest BCUT2D eigenvalue weighted by molar-refractivity contribution is 0.307. The van der Waals surface area contributed by atoms with Gasteiger partial charge in [-0.3, -0.25) is 0 Å². The Balaban J connectivity index is 2.38. The summed E-state index contributed by atoms with van der Waals surface area (Å²) < 4.78 is 45.4. The third-order valence-corrected chi connectivity index (χ3v) is 3.26. The fourth-order valence-corrected chi connectivity index (χ4v) is 2.27. The first-order valence-electron chi connectivity index (χ1n) is 6.88. The van der Waals surface area contributed by atoms with Crippen molar-refractivity contribution in [1.82, 2.24) is 0 Å². The summed E-state index contributed by atoms with van der Waals surface area (Å²) in [5.74, 6) is -0.0488. The van der Waals surface area contributed by atoms with Crippen molar-refractivity contribution >= 4 is 23.2 Å². The molecule has 2 rings (SSSR count). The zero-order chi connectivity index (χ0) is 14.6. The Labute approximate surface area is 116 Å². The highest BCUT2D eigenvalue weighted by molar-refractivity contribution is 6.76. The third kappa shape index (κ3) is 3.27. The maximum atomic E-state index is 13.3. The van der Waals surface area contributed by atoms with Crippen LogP contribution in [0.15, 0.2) is 36.4 Å². The van der Waals surface area contributed by atoms with E-state index in [1.807, 2.05) is 6.92 Å². The topological polar surface area (TPSA) is 9.23 Å². The number of unbranched alkanes of at least 4 members (excludes halogenated alkanes) is 2. The maximum absolute atomic E-state index is 13.3. The summed E-state index contributed by atoms with van der Waals surface area (Å²) in [4.78, 5) is 0. The van der Waals surface area contributed by atoms with Gasteiger partial charge in [0.2, 0.25) is 0 Å². The molecule has 2 aromatic rings. The van der Waals surface area contributed by atoms with E-state index in [1.165, 1.54) is 12.1 Å². The van der Waals surface area contributed by atoms with Gasteiger partial charge in [0.1, 0.15) is 0 Å². The molecule has 0 saturated carbocycles. The molecule has 0 radical (unpaired) electrons. The Kier molecular flexibility index (Phi) is 4.58. The van der Waals surface area contributed by atoms with Gasteiger partial charge in [-0.2, -0.15) is 0 Å². The number of halogens is 3. The maximum Gasteiger partial charge on any atom is 0.513 e. The van der Waals surface area contributed by atoms with Crippen molar-refractivity contribution in [1.29, 1.82) is 0 Å². The van der Waals surface area contributed by atoms with Crippen molar-refractivity contribution in [2.75, 3.05) is 6.61 Å². The van der Waals surface area contributed by atoms with Crippen LogP contribution in [0, 0.1) is 0 Å². The molecule has 0 fully saturated rings. The highest BCUT2D eigenvalue weighted by atomic mass is 19.4. The van der Waals surface area contributed by atoms with E-state index in [0.29, 0.717) is 12.0 Å². The lowest BCUT2D eigenvalue weighted by Crippen LogP contribution is -2.36. The molecule has 0 aliphatic carbocycles. The fraction of sp³-hybridized carbons (Fsp3) is 0.333. The predicted molar refractivity (Wildman–Crippen MR) is 77.7 cm³/mol.